The maximum absolute atomic E-state index is 11.2. The highest BCUT2D eigenvalue weighted by atomic mass is 16.6. The topological polar surface area (TPSA) is 29.5 Å². The molecule has 0 saturated carbocycles. The number of carbonyl (C=O) groups excluding carboxylic acids is 1. The normalized spacial score (nSPS) is 14.7. The second-order valence-corrected chi connectivity index (χ2v) is 2.94. The molecule has 0 fully saturated rings. The zero-order valence-electron chi connectivity index (χ0n) is 8.42. The molecule has 0 aliphatic carbocycles. The van der Waals surface area contributed by atoms with Gasteiger partial charge in [-0.2, -0.15) is 0 Å². The molecule has 0 saturated heterocycles. The van der Waals surface area contributed by atoms with E-state index in [0.717, 1.165) is 0 Å². The van der Waals surface area contributed by atoms with Gasteiger partial charge in [-0.25, -0.2) is 4.79 Å². The number of hydrogen-bond acceptors (Lipinski definition) is 3. The lowest BCUT2D eigenvalue weighted by molar-refractivity contribution is -0.150. The summed E-state index contributed by atoms with van der Waals surface area (Å²) in [6.45, 7) is 5.39. The molecule has 0 spiro atoms. The molecular formula is C9H17NO2. The Bertz CT molecular complexity index is 185. The van der Waals surface area contributed by atoms with Crippen molar-refractivity contribution in [3.63, 3.8) is 0 Å². The lowest BCUT2D eigenvalue weighted by Gasteiger charge is -2.19. The van der Waals surface area contributed by atoms with Crippen molar-refractivity contribution >= 4 is 5.97 Å². The van der Waals surface area contributed by atoms with E-state index in [-0.39, 0.29) is 12.2 Å². The van der Waals surface area contributed by atoms with E-state index < -0.39 is 0 Å². The Labute approximate surface area is 74.0 Å². The molecule has 0 aromatic heterocycles. The fourth-order valence-corrected chi connectivity index (χ4v) is 0.471. The Balaban J connectivity index is 4.02. The quantitative estimate of drug-likeness (QED) is 0.365. The molecule has 12 heavy (non-hydrogen) atoms. The first-order chi connectivity index (χ1) is 5.49. The minimum atomic E-state index is -0.251. The highest BCUT2D eigenvalue weighted by molar-refractivity contribution is 5.87. The van der Waals surface area contributed by atoms with Gasteiger partial charge in [0.05, 0.1) is 0 Å². The number of rotatable bonds is 3. The van der Waals surface area contributed by atoms with Crippen LogP contribution in [-0.4, -0.2) is 31.2 Å². The largest absolute Gasteiger partial charge is 0.443 e. The van der Waals surface area contributed by atoms with Gasteiger partial charge in [0.25, 0.3) is 0 Å². The van der Waals surface area contributed by atoms with Crippen LogP contribution in [0.5, 0.6) is 0 Å². The number of ether oxygens (including phenoxy) is 1. The van der Waals surface area contributed by atoms with Gasteiger partial charge >= 0.3 is 5.97 Å². The third-order valence-corrected chi connectivity index (χ3v) is 1.76. The summed E-state index contributed by atoms with van der Waals surface area (Å²) in [6, 6.07) is 0. The fourth-order valence-electron chi connectivity index (χ4n) is 0.471. The van der Waals surface area contributed by atoms with Gasteiger partial charge < -0.3 is 4.74 Å². The van der Waals surface area contributed by atoms with Crippen molar-refractivity contribution in [3.8, 4) is 0 Å². The van der Waals surface area contributed by atoms with E-state index in [0.29, 0.717) is 5.57 Å². The van der Waals surface area contributed by atoms with Crippen molar-refractivity contribution in [2.75, 3.05) is 14.1 Å². The highest BCUT2D eigenvalue weighted by Crippen LogP contribution is 2.01. The maximum atomic E-state index is 11.2. The summed E-state index contributed by atoms with van der Waals surface area (Å²) in [7, 11) is 3.73. The molecule has 1 atom stereocenters. The summed E-state index contributed by atoms with van der Waals surface area (Å²) in [4.78, 5) is 13.0. The van der Waals surface area contributed by atoms with Crippen LogP contribution in [0.1, 0.15) is 20.8 Å². The molecule has 0 rings (SSSR count). The van der Waals surface area contributed by atoms with Crippen LogP contribution in [0.2, 0.25) is 0 Å². The molecular weight excluding hydrogens is 154 g/mol. The predicted octanol–water partition coefficient (Wildman–Crippen LogP) is 1.40. The molecule has 3 nitrogen and oxygen atoms in total. The summed E-state index contributed by atoms with van der Waals surface area (Å²) >= 11 is 0. The molecule has 0 amide bonds. The van der Waals surface area contributed by atoms with Crippen molar-refractivity contribution < 1.29 is 9.53 Å². The van der Waals surface area contributed by atoms with Gasteiger partial charge in [-0.15, -0.1) is 0 Å². The van der Waals surface area contributed by atoms with Gasteiger partial charge in [-0.3, -0.25) is 4.90 Å². The highest BCUT2D eigenvalue weighted by Gasteiger charge is 2.11. The van der Waals surface area contributed by atoms with Crippen LogP contribution in [0, 0.1) is 0 Å². The van der Waals surface area contributed by atoms with Crippen molar-refractivity contribution in [3.05, 3.63) is 11.6 Å². The summed E-state index contributed by atoms with van der Waals surface area (Å²) < 4.78 is 5.08. The first-order valence-corrected chi connectivity index (χ1v) is 3.99. The Hall–Kier alpha value is -0.830. The van der Waals surface area contributed by atoms with Gasteiger partial charge in [0.1, 0.15) is 0 Å². The predicted molar refractivity (Wildman–Crippen MR) is 48.7 cm³/mol. The Morgan fingerprint density at radius 3 is 2.33 bits per heavy atom. The number of hydrogen-bond donors (Lipinski definition) is 0. The van der Waals surface area contributed by atoms with Gasteiger partial charge in [-0.1, -0.05) is 6.08 Å². The summed E-state index contributed by atoms with van der Waals surface area (Å²) in [5.74, 6) is -0.251. The summed E-state index contributed by atoms with van der Waals surface area (Å²) in [6.07, 6.45) is 1.57. The molecule has 3 heteroatoms. The Morgan fingerprint density at radius 2 is 2.00 bits per heavy atom. The van der Waals surface area contributed by atoms with Crippen molar-refractivity contribution in [2.24, 2.45) is 0 Å². The zero-order chi connectivity index (χ0) is 9.72. The van der Waals surface area contributed by atoms with E-state index in [1.54, 1.807) is 13.0 Å². The first kappa shape index (κ1) is 11.2. The van der Waals surface area contributed by atoms with E-state index in [1.807, 2.05) is 32.8 Å². The van der Waals surface area contributed by atoms with Crippen LogP contribution >= 0.6 is 0 Å². The molecule has 0 aliphatic heterocycles. The van der Waals surface area contributed by atoms with Crippen molar-refractivity contribution in [2.45, 2.75) is 27.0 Å². The second kappa shape index (κ2) is 4.93. The van der Waals surface area contributed by atoms with E-state index in [9.17, 15) is 4.79 Å². The van der Waals surface area contributed by atoms with Gasteiger partial charge in [0, 0.05) is 5.57 Å². The van der Waals surface area contributed by atoms with Crippen LogP contribution in [0.3, 0.4) is 0 Å². The molecule has 0 bridgehead atoms. The van der Waals surface area contributed by atoms with Crippen LogP contribution in [0.25, 0.3) is 0 Å². The molecule has 0 aromatic carbocycles. The standard InChI is InChI=1S/C9H17NO2/c1-6-7(2)9(11)12-8(3)10(4)5/h6,8H,1-5H3/b7-6+. The third kappa shape index (κ3) is 3.53. The number of nitrogens with zero attached hydrogens (tertiary/aromatic N) is 1. The van der Waals surface area contributed by atoms with E-state index in [2.05, 4.69) is 0 Å². The number of esters is 1. The van der Waals surface area contributed by atoms with Crippen molar-refractivity contribution in [1.82, 2.24) is 4.90 Å². The number of carbonyl (C=O) groups is 1. The minimum Gasteiger partial charge on any atom is -0.443 e. The van der Waals surface area contributed by atoms with Crippen LogP contribution in [-0.2, 0) is 9.53 Å². The van der Waals surface area contributed by atoms with Crippen LogP contribution < -0.4 is 0 Å². The third-order valence-electron chi connectivity index (χ3n) is 1.76. The van der Waals surface area contributed by atoms with Crippen LogP contribution in [0.4, 0.5) is 0 Å². The monoisotopic (exact) mass is 171 g/mol. The lowest BCUT2D eigenvalue weighted by Crippen LogP contribution is -2.30. The second-order valence-electron chi connectivity index (χ2n) is 2.94. The molecule has 1 unspecified atom stereocenters. The maximum Gasteiger partial charge on any atom is 0.334 e. The smallest absolute Gasteiger partial charge is 0.334 e. The van der Waals surface area contributed by atoms with Crippen LogP contribution in [0.15, 0.2) is 11.6 Å². The van der Waals surface area contributed by atoms with Gasteiger partial charge in [-0.05, 0) is 34.9 Å². The molecule has 70 valence electrons. The molecule has 0 heterocycles. The molecule has 0 aromatic rings. The minimum absolute atomic E-state index is 0.174. The van der Waals surface area contributed by atoms with E-state index >= 15 is 0 Å². The first-order valence-electron chi connectivity index (χ1n) is 3.99. The van der Waals surface area contributed by atoms with Gasteiger partial charge in [0.2, 0.25) is 0 Å². The molecule has 0 radical (unpaired) electrons. The van der Waals surface area contributed by atoms with E-state index in [1.165, 1.54) is 0 Å². The van der Waals surface area contributed by atoms with Crippen molar-refractivity contribution in [1.29, 1.82) is 0 Å². The summed E-state index contributed by atoms with van der Waals surface area (Å²) in [5, 5.41) is 0. The summed E-state index contributed by atoms with van der Waals surface area (Å²) in [5.41, 5.74) is 0.642. The number of allylic oxidation sites excluding steroid dienone is 1. The van der Waals surface area contributed by atoms with Gasteiger partial charge in [0.15, 0.2) is 6.23 Å². The Kier molecular flexibility index (Phi) is 4.59. The SMILES string of the molecule is C/C=C(\C)C(=O)OC(C)N(C)C. The fraction of sp³-hybridized carbons (Fsp3) is 0.667. The Morgan fingerprint density at radius 1 is 1.50 bits per heavy atom. The molecule has 0 aliphatic rings. The zero-order valence-corrected chi connectivity index (χ0v) is 8.42. The molecule has 0 N–H and O–H groups in total. The average molecular weight is 171 g/mol. The van der Waals surface area contributed by atoms with E-state index in [4.69, 9.17) is 4.74 Å². The average Bonchev–Trinajstić information content (AvgIpc) is 2.02. The lowest BCUT2D eigenvalue weighted by atomic mass is 10.3.